The van der Waals surface area contributed by atoms with Gasteiger partial charge in [-0.1, -0.05) is 0 Å². The summed E-state index contributed by atoms with van der Waals surface area (Å²) in [4.78, 5) is 16.4. The molecule has 1 N–H and O–H groups in total. The van der Waals surface area contributed by atoms with Crippen LogP contribution in [0.15, 0.2) is 67.6 Å². The smallest absolute Gasteiger partial charge is 0.137 e. The summed E-state index contributed by atoms with van der Waals surface area (Å²) in [6, 6.07) is 8.31. The lowest BCUT2D eigenvalue weighted by Gasteiger charge is -2.06. The summed E-state index contributed by atoms with van der Waals surface area (Å²) in [5, 5.41) is 1.10. The fourth-order valence-corrected chi connectivity index (χ4v) is 3.24. The molecule has 0 saturated carbocycles. The maximum atomic E-state index is 4.59. The second-order valence-corrected chi connectivity index (χ2v) is 6.12. The van der Waals surface area contributed by atoms with Crippen LogP contribution in [0.1, 0.15) is 5.56 Å². The first-order chi connectivity index (χ1) is 12.3. The maximum Gasteiger partial charge on any atom is 0.137 e. The summed E-state index contributed by atoms with van der Waals surface area (Å²) in [6.07, 6.45) is 13.5. The van der Waals surface area contributed by atoms with E-state index < -0.39 is 0 Å². The van der Waals surface area contributed by atoms with Crippen molar-refractivity contribution >= 4 is 16.7 Å². The van der Waals surface area contributed by atoms with Crippen LogP contribution in [-0.2, 0) is 0 Å². The highest BCUT2D eigenvalue weighted by Crippen LogP contribution is 2.31. The Kier molecular flexibility index (Phi) is 2.94. The van der Waals surface area contributed by atoms with Crippen LogP contribution in [-0.4, -0.2) is 24.3 Å². The largest absolute Gasteiger partial charge is 0.346 e. The van der Waals surface area contributed by atoms with E-state index in [-0.39, 0.29) is 0 Å². The molecule has 0 amide bonds. The average molecular weight is 325 g/mol. The summed E-state index contributed by atoms with van der Waals surface area (Å²) in [6.45, 7) is 2.09. The number of fused-ring (bicyclic) bond motifs is 2. The van der Waals surface area contributed by atoms with E-state index in [1.165, 1.54) is 5.56 Å². The van der Waals surface area contributed by atoms with Gasteiger partial charge >= 0.3 is 0 Å². The molecule has 0 aliphatic heterocycles. The highest BCUT2D eigenvalue weighted by molar-refractivity contribution is 5.95. The van der Waals surface area contributed by atoms with Crippen LogP contribution in [0.3, 0.4) is 0 Å². The molecule has 5 nitrogen and oxygen atoms in total. The van der Waals surface area contributed by atoms with Gasteiger partial charge in [0.1, 0.15) is 11.3 Å². The zero-order chi connectivity index (χ0) is 16.8. The van der Waals surface area contributed by atoms with Gasteiger partial charge < -0.3 is 9.38 Å². The number of hydrogen-bond donors (Lipinski definition) is 1. The number of aromatic amines is 1. The molecule has 0 saturated heterocycles. The Bertz CT molecular complexity index is 1220. The summed E-state index contributed by atoms with van der Waals surface area (Å²) in [7, 11) is 0. The Morgan fingerprint density at radius 2 is 1.92 bits per heavy atom. The number of nitrogens with zero attached hydrogens (tertiary/aromatic N) is 4. The molecule has 0 aliphatic rings. The number of pyridine rings is 3. The Morgan fingerprint density at radius 1 is 0.960 bits per heavy atom. The molecule has 0 bridgehead atoms. The van der Waals surface area contributed by atoms with Crippen molar-refractivity contribution in [3.05, 3.63) is 73.2 Å². The number of aromatic nitrogens is 5. The van der Waals surface area contributed by atoms with Crippen LogP contribution >= 0.6 is 0 Å². The van der Waals surface area contributed by atoms with E-state index in [2.05, 4.69) is 45.2 Å². The van der Waals surface area contributed by atoms with E-state index in [1.807, 2.05) is 47.5 Å². The maximum absolute atomic E-state index is 4.59. The van der Waals surface area contributed by atoms with Crippen LogP contribution in [0.25, 0.3) is 38.9 Å². The lowest BCUT2D eigenvalue weighted by Crippen LogP contribution is -1.88. The molecule has 0 radical (unpaired) electrons. The topological polar surface area (TPSA) is 58.9 Å². The third-order valence-corrected chi connectivity index (χ3v) is 4.58. The molecule has 0 aliphatic carbocycles. The number of nitrogens with one attached hydrogen (secondary N) is 1. The third-order valence-electron chi connectivity index (χ3n) is 4.58. The highest BCUT2D eigenvalue weighted by atomic mass is 15.0. The molecule has 0 atom stereocenters. The molecule has 0 fully saturated rings. The monoisotopic (exact) mass is 325 g/mol. The number of imidazole rings is 1. The average Bonchev–Trinajstić information content (AvgIpc) is 3.27. The zero-order valence-corrected chi connectivity index (χ0v) is 13.6. The van der Waals surface area contributed by atoms with Gasteiger partial charge in [-0.05, 0) is 36.8 Å². The van der Waals surface area contributed by atoms with E-state index in [0.29, 0.717) is 0 Å². The van der Waals surface area contributed by atoms with E-state index >= 15 is 0 Å². The van der Waals surface area contributed by atoms with Crippen molar-refractivity contribution < 1.29 is 0 Å². The molecular formula is C20H15N5. The Balaban J connectivity index is 1.71. The molecule has 120 valence electrons. The van der Waals surface area contributed by atoms with Crippen LogP contribution in [0.4, 0.5) is 0 Å². The summed E-state index contributed by atoms with van der Waals surface area (Å²) in [5.41, 5.74) is 7.43. The van der Waals surface area contributed by atoms with Crippen molar-refractivity contribution in [3.8, 4) is 22.3 Å². The normalized spacial score (nSPS) is 11.4. The van der Waals surface area contributed by atoms with E-state index in [4.69, 9.17) is 0 Å². The first-order valence-electron chi connectivity index (χ1n) is 8.11. The Morgan fingerprint density at radius 3 is 2.84 bits per heavy atom. The SMILES string of the molecule is Cc1ccncc1-c1cnc2[nH]cc(-c3ccc4nccn4c3)c2c1. The number of rotatable bonds is 2. The Hall–Kier alpha value is -3.47. The summed E-state index contributed by atoms with van der Waals surface area (Å²) in [5.74, 6) is 0. The minimum absolute atomic E-state index is 0.881. The van der Waals surface area contributed by atoms with Gasteiger partial charge in [0, 0.05) is 71.0 Å². The third kappa shape index (κ3) is 2.21. The van der Waals surface area contributed by atoms with Gasteiger partial charge in [-0.2, -0.15) is 0 Å². The fourth-order valence-electron chi connectivity index (χ4n) is 3.24. The number of aryl methyl sites for hydroxylation is 1. The van der Waals surface area contributed by atoms with Crippen molar-refractivity contribution in [1.82, 2.24) is 24.3 Å². The van der Waals surface area contributed by atoms with Crippen LogP contribution in [0, 0.1) is 6.92 Å². The predicted octanol–water partition coefficient (Wildman–Crippen LogP) is 4.25. The highest BCUT2D eigenvalue weighted by Gasteiger charge is 2.11. The summed E-state index contributed by atoms with van der Waals surface area (Å²) >= 11 is 0. The second-order valence-electron chi connectivity index (χ2n) is 6.12. The summed E-state index contributed by atoms with van der Waals surface area (Å²) < 4.78 is 2.02. The molecular weight excluding hydrogens is 310 g/mol. The van der Waals surface area contributed by atoms with E-state index in [0.717, 1.165) is 38.9 Å². The minimum Gasteiger partial charge on any atom is -0.346 e. The lowest BCUT2D eigenvalue weighted by molar-refractivity contribution is 1.19. The van der Waals surface area contributed by atoms with Crippen molar-refractivity contribution in [2.45, 2.75) is 6.92 Å². The number of hydrogen-bond acceptors (Lipinski definition) is 3. The molecule has 0 spiro atoms. The molecule has 5 rings (SSSR count). The standard InChI is InChI=1S/C20H15N5/c1-13-4-5-21-10-17(13)15-8-16-18(11-24-20(16)23-9-15)14-2-3-19-22-6-7-25(19)12-14/h2-12H,1H3,(H,23,24). The lowest BCUT2D eigenvalue weighted by atomic mass is 10.0. The predicted molar refractivity (Wildman–Crippen MR) is 98.2 cm³/mol. The quantitative estimate of drug-likeness (QED) is 0.528. The van der Waals surface area contributed by atoms with Gasteiger partial charge in [0.2, 0.25) is 0 Å². The molecule has 5 heterocycles. The first kappa shape index (κ1) is 13.9. The van der Waals surface area contributed by atoms with Crippen molar-refractivity contribution in [1.29, 1.82) is 0 Å². The van der Waals surface area contributed by atoms with Gasteiger partial charge in [0.15, 0.2) is 0 Å². The number of H-pyrrole nitrogens is 1. The van der Waals surface area contributed by atoms with Gasteiger partial charge in [0.05, 0.1) is 0 Å². The van der Waals surface area contributed by atoms with Gasteiger partial charge in [-0.3, -0.25) is 4.98 Å². The molecule has 5 heteroatoms. The van der Waals surface area contributed by atoms with E-state index in [1.54, 1.807) is 6.20 Å². The van der Waals surface area contributed by atoms with Crippen LogP contribution in [0.5, 0.6) is 0 Å². The van der Waals surface area contributed by atoms with Crippen LogP contribution in [0.2, 0.25) is 0 Å². The van der Waals surface area contributed by atoms with Crippen molar-refractivity contribution in [2.75, 3.05) is 0 Å². The van der Waals surface area contributed by atoms with Crippen molar-refractivity contribution in [3.63, 3.8) is 0 Å². The molecule has 0 aromatic carbocycles. The van der Waals surface area contributed by atoms with Gasteiger partial charge in [0.25, 0.3) is 0 Å². The van der Waals surface area contributed by atoms with Crippen molar-refractivity contribution in [2.24, 2.45) is 0 Å². The Labute approximate surface area is 144 Å². The molecule has 5 aromatic rings. The second kappa shape index (κ2) is 5.27. The first-order valence-corrected chi connectivity index (χ1v) is 8.11. The molecule has 5 aromatic heterocycles. The zero-order valence-electron chi connectivity index (χ0n) is 13.6. The molecule has 25 heavy (non-hydrogen) atoms. The van der Waals surface area contributed by atoms with Gasteiger partial charge in [-0.15, -0.1) is 0 Å². The molecule has 0 unspecified atom stereocenters. The van der Waals surface area contributed by atoms with E-state index in [9.17, 15) is 0 Å². The van der Waals surface area contributed by atoms with Gasteiger partial charge in [-0.25, -0.2) is 9.97 Å². The van der Waals surface area contributed by atoms with Crippen LogP contribution < -0.4 is 0 Å². The minimum atomic E-state index is 0.881. The fraction of sp³-hybridized carbons (Fsp3) is 0.0500.